The Kier molecular flexibility index (Phi) is 5.12. The molecule has 1 atom stereocenters. The molecule has 15 heavy (non-hydrogen) atoms. The van der Waals surface area contributed by atoms with Gasteiger partial charge in [-0.05, 0) is 24.5 Å². The highest BCUT2D eigenvalue weighted by Crippen LogP contribution is 2.14. The van der Waals surface area contributed by atoms with E-state index in [0.29, 0.717) is 12.5 Å². The highest BCUT2D eigenvalue weighted by atomic mass is 16.5. The van der Waals surface area contributed by atoms with E-state index in [9.17, 15) is 0 Å². The minimum absolute atomic E-state index is 0.179. The van der Waals surface area contributed by atoms with Crippen LogP contribution in [0.1, 0.15) is 20.3 Å². The molecule has 3 heteroatoms. The second-order valence-corrected chi connectivity index (χ2v) is 4.18. The molecule has 0 aliphatic carbocycles. The molecule has 0 saturated carbocycles. The minimum Gasteiger partial charge on any atom is -0.492 e. The van der Waals surface area contributed by atoms with Gasteiger partial charge < -0.3 is 9.84 Å². The van der Waals surface area contributed by atoms with Crippen molar-refractivity contribution in [3.63, 3.8) is 0 Å². The van der Waals surface area contributed by atoms with Crippen LogP contribution >= 0.6 is 0 Å². The largest absolute Gasteiger partial charge is 0.492 e. The van der Waals surface area contributed by atoms with Gasteiger partial charge in [0.1, 0.15) is 5.75 Å². The average molecular weight is 209 g/mol. The summed E-state index contributed by atoms with van der Waals surface area (Å²) in [5, 5.41) is 9.16. The molecule has 1 aromatic heterocycles. The van der Waals surface area contributed by atoms with Crippen molar-refractivity contribution in [1.82, 2.24) is 4.98 Å². The third-order valence-corrected chi connectivity index (χ3v) is 2.18. The summed E-state index contributed by atoms with van der Waals surface area (Å²) in [4.78, 5) is 3.96. The SMILES string of the molecule is CC(C)CC(CO)COc1cccnc1. The zero-order valence-electron chi connectivity index (χ0n) is 9.39. The van der Waals surface area contributed by atoms with Gasteiger partial charge in [-0.15, -0.1) is 0 Å². The molecule has 84 valence electrons. The molecule has 1 unspecified atom stereocenters. The Balaban J connectivity index is 2.34. The Bertz CT molecular complexity index is 262. The second-order valence-electron chi connectivity index (χ2n) is 4.18. The van der Waals surface area contributed by atoms with Gasteiger partial charge in [0.05, 0.1) is 12.8 Å². The smallest absolute Gasteiger partial charge is 0.137 e. The summed E-state index contributed by atoms with van der Waals surface area (Å²) in [5.41, 5.74) is 0. The molecule has 0 bridgehead atoms. The highest BCUT2D eigenvalue weighted by molar-refractivity contribution is 5.15. The third-order valence-electron chi connectivity index (χ3n) is 2.18. The number of nitrogens with zero attached hydrogens (tertiary/aromatic N) is 1. The lowest BCUT2D eigenvalue weighted by Crippen LogP contribution is -2.18. The lowest BCUT2D eigenvalue weighted by molar-refractivity contribution is 0.145. The topological polar surface area (TPSA) is 42.4 Å². The quantitative estimate of drug-likeness (QED) is 0.780. The van der Waals surface area contributed by atoms with E-state index in [2.05, 4.69) is 18.8 Å². The Morgan fingerprint density at radius 1 is 1.47 bits per heavy atom. The molecule has 1 rings (SSSR count). The number of pyridine rings is 1. The number of aromatic nitrogens is 1. The van der Waals surface area contributed by atoms with Crippen molar-refractivity contribution in [3.05, 3.63) is 24.5 Å². The molecule has 0 radical (unpaired) electrons. The van der Waals surface area contributed by atoms with E-state index in [4.69, 9.17) is 9.84 Å². The van der Waals surface area contributed by atoms with Gasteiger partial charge in [0, 0.05) is 18.7 Å². The number of aliphatic hydroxyl groups excluding tert-OH is 1. The Morgan fingerprint density at radius 3 is 2.80 bits per heavy atom. The standard InChI is InChI=1S/C12H19NO2/c1-10(2)6-11(8-14)9-15-12-4-3-5-13-7-12/h3-5,7,10-11,14H,6,8-9H2,1-2H3. The van der Waals surface area contributed by atoms with E-state index in [1.807, 2.05) is 12.1 Å². The Morgan fingerprint density at radius 2 is 2.27 bits per heavy atom. The summed E-state index contributed by atoms with van der Waals surface area (Å²) >= 11 is 0. The second kappa shape index (κ2) is 6.40. The van der Waals surface area contributed by atoms with Crippen LogP contribution in [0.4, 0.5) is 0 Å². The molecule has 0 amide bonds. The maximum absolute atomic E-state index is 9.16. The summed E-state index contributed by atoms with van der Waals surface area (Å²) in [6, 6.07) is 3.71. The number of hydrogen-bond donors (Lipinski definition) is 1. The van der Waals surface area contributed by atoms with Crippen LogP contribution < -0.4 is 4.74 Å². The zero-order valence-corrected chi connectivity index (χ0v) is 9.39. The molecular weight excluding hydrogens is 190 g/mol. The average Bonchev–Trinajstić information content (AvgIpc) is 2.25. The van der Waals surface area contributed by atoms with Gasteiger partial charge in [-0.25, -0.2) is 0 Å². The molecule has 0 fully saturated rings. The molecule has 0 aromatic carbocycles. The predicted octanol–water partition coefficient (Wildman–Crippen LogP) is 2.11. The summed E-state index contributed by atoms with van der Waals surface area (Å²) in [5.74, 6) is 1.56. The van der Waals surface area contributed by atoms with Crippen LogP contribution in [0.15, 0.2) is 24.5 Å². The first kappa shape index (κ1) is 12.0. The van der Waals surface area contributed by atoms with Crippen LogP contribution in [-0.2, 0) is 0 Å². The number of aliphatic hydroxyl groups is 1. The van der Waals surface area contributed by atoms with E-state index in [-0.39, 0.29) is 12.5 Å². The maximum atomic E-state index is 9.16. The van der Waals surface area contributed by atoms with E-state index in [0.717, 1.165) is 12.2 Å². The van der Waals surface area contributed by atoms with Gasteiger partial charge in [-0.2, -0.15) is 0 Å². The third kappa shape index (κ3) is 4.79. The lowest BCUT2D eigenvalue weighted by atomic mass is 9.99. The van der Waals surface area contributed by atoms with E-state index in [1.54, 1.807) is 12.4 Å². The van der Waals surface area contributed by atoms with Crippen LogP contribution in [0, 0.1) is 11.8 Å². The molecule has 0 spiro atoms. The summed E-state index contributed by atoms with van der Waals surface area (Å²) < 4.78 is 5.54. The molecule has 0 aliphatic rings. The summed E-state index contributed by atoms with van der Waals surface area (Å²) in [6.45, 7) is 5.03. The van der Waals surface area contributed by atoms with Crippen molar-refractivity contribution >= 4 is 0 Å². The van der Waals surface area contributed by atoms with Crippen molar-refractivity contribution < 1.29 is 9.84 Å². The van der Waals surface area contributed by atoms with Gasteiger partial charge in [-0.3, -0.25) is 4.98 Å². The van der Waals surface area contributed by atoms with Crippen LogP contribution in [0.25, 0.3) is 0 Å². The molecule has 1 N–H and O–H groups in total. The fourth-order valence-electron chi connectivity index (χ4n) is 1.51. The van der Waals surface area contributed by atoms with Gasteiger partial charge in [0.15, 0.2) is 0 Å². The van der Waals surface area contributed by atoms with Crippen LogP contribution in [0.3, 0.4) is 0 Å². The predicted molar refractivity (Wildman–Crippen MR) is 59.8 cm³/mol. The maximum Gasteiger partial charge on any atom is 0.137 e. The summed E-state index contributed by atoms with van der Waals surface area (Å²) in [6.07, 6.45) is 4.38. The van der Waals surface area contributed by atoms with Crippen LogP contribution in [-0.4, -0.2) is 23.3 Å². The first-order valence-corrected chi connectivity index (χ1v) is 5.36. The minimum atomic E-state index is 0.179. The van der Waals surface area contributed by atoms with Gasteiger partial charge >= 0.3 is 0 Å². The van der Waals surface area contributed by atoms with E-state index >= 15 is 0 Å². The lowest BCUT2D eigenvalue weighted by Gasteiger charge is -2.16. The van der Waals surface area contributed by atoms with Crippen LogP contribution in [0.5, 0.6) is 5.75 Å². The van der Waals surface area contributed by atoms with Crippen molar-refractivity contribution in [2.45, 2.75) is 20.3 Å². The fraction of sp³-hybridized carbons (Fsp3) is 0.583. The van der Waals surface area contributed by atoms with Crippen LogP contribution in [0.2, 0.25) is 0 Å². The molecule has 0 saturated heterocycles. The van der Waals surface area contributed by atoms with Crippen molar-refractivity contribution in [3.8, 4) is 5.75 Å². The van der Waals surface area contributed by atoms with Gasteiger partial charge in [0.2, 0.25) is 0 Å². The first-order chi connectivity index (χ1) is 7.22. The number of rotatable bonds is 6. The first-order valence-electron chi connectivity index (χ1n) is 5.36. The van der Waals surface area contributed by atoms with Gasteiger partial charge in [-0.1, -0.05) is 13.8 Å². The number of ether oxygens (including phenoxy) is 1. The number of hydrogen-bond acceptors (Lipinski definition) is 3. The monoisotopic (exact) mass is 209 g/mol. The molecule has 1 heterocycles. The fourth-order valence-corrected chi connectivity index (χ4v) is 1.51. The molecule has 0 aliphatic heterocycles. The van der Waals surface area contributed by atoms with Gasteiger partial charge in [0.25, 0.3) is 0 Å². The van der Waals surface area contributed by atoms with Crippen molar-refractivity contribution in [2.24, 2.45) is 11.8 Å². The van der Waals surface area contributed by atoms with E-state index < -0.39 is 0 Å². The normalized spacial score (nSPS) is 12.8. The van der Waals surface area contributed by atoms with Crippen molar-refractivity contribution in [2.75, 3.05) is 13.2 Å². The van der Waals surface area contributed by atoms with E-state index in [1.165, 1.54) is 0 Å². The molecule has 1 aromatic rings. The summed E-state index contributed by atoms with van der Waals surface area (Å²) in [7, 11) is 0. The molecular formula is C12H19NO2. The molecule has 3 nitrogen and oxygen atoms in total. The Hall–Kier alpha value is -1.09. The van der Waals surface area contributed by atoms with Crippen molar-refractivity contribution in [1.29, 1.82) is 0 Å². The highest BCUT2D eigenvalue weighted by Gasteiger charge is 2.10. The Labute approximate surface area is 91.1 Å². The zero-order chi connectivity index (χ0) is 11.1.